The van der Waals surface area contributed by atoms with E-state index in [0.29, 0.717) is 19.4 Å². The number of nitrogens with two attached hydrogens (primary N) is 2. The van der Waals surface area contributed by atoms with Gasteiger partial charge in [0.1, 0.15) is 5.54 Å². The summed E-state index contributed by atoms with van der Waals surface area (Å²) in [4.78, 5) is 10.5. The van der Waals surface area contributed by atoms with Crippen molar-refractivity contribution in [3.8, 4) is 0 Å². The third-order valence-electron chi connectivity index (χ3n) is 1.56. The maximum atomic E-state index is 10.5. The van der Waals surface area contributed by atoms with E-state index in [-0.39, 0.29) is 0 Å². The SMILES string of the molecule is C=C[C@@](N)(CCCN)C(=O)O. The van der Waals surface area contributed by atoms with Crippen LogP contribution >= 0.6 is 0 Å². The van der Waals surface area contributed by atoms with Gasteiger partial charge in [0.25, 0.3) is 0 Å². The van der Waals surface area contributed by atoms with Crippen molar-refractivity contribution < 1.29 is 9.90 Å². The van der Waals surface area contributed by atoms with Gasteiger partial charge in [0.05, 0.1) is 0 Å². The summed E-state index contributed by atoms with van der Waals surface area (Å²) < 4.78 is 0. The van der Waals surface area contributed by atoms with E-state index in [1.54, 1.807) is 0 Å². The van der Waals surface area contributed by atoms with Crippen LogP contribution < -0.4 is 11.5 Å². The largest absolute Gasteiger partial charge is 0.480 e. The maximum absolute atomic E-state index is 10.5. The number of hydrogen-bond acceptors (Lipinski definition) is 3. The number of carboxylic acid groups (broad SMARTS) is 1. The van der Waals surface area contributed by atoms with Gasteiger partial charge >= 0.3 is 5.97 Å². The lowest BCUT2D eigenvalue weighted by Crippen LogP contribution is -2.46. The first kappa shape index (κ1) is 10.1. The Morgan fingerprint density at radius 2 is 2.27 bits per heavy atom. The second-order valence-corrected chi connectivity index (χ2v) is 2.44. The molecule has 0 aliphatic rings. The number of carbonyl (C=O) groups is 1. The van der Waals surface area contributed by atoms with E-state index in [9.17, 15) is 4.79 Å². The third kappa shape index (κ3) is 2.69. The molecule has 11 heavy (non-hydrogen) atoms. The van der Waals surface area contributed by atoms with Crippen molar-refractivity contribution in [3.63, 3.8) is 0 Å². The first-order valence-corrected chi connectivity index (χ1v) is 3.43. The maximum Gasteiger partial charge on any atom is 0.327 e. The minimum absolute atomic E-state index is 0.336. The molecule has 4 nitrogen and oxygen atoms in total. The molecule has 64 valence electrons. The molecule has 0 saturated heterocycles. The zero-order valence-corrected chi connectivity index (χ0v) is 6.42. The zero-order valence-electron chi connectivity index (χ0n) is 6.42. The van der Waals surface area contributed by atoms with Crippen LogP contribution in [-0.4, -0.2) is 23.2 Å². The average Bonchev–Trinajstić information content (AvgIpc) is 2.00. The van der Waals surface area contributed by atoms with Crippen LogP contribution in [-0.2, 0) is 4.79 Å². The summed E-state index contributed by atoms with van der Waals surface area (Å²) in [5.41, 5.74) is 9.35. The van der Waals surface area contributed by atoms with Gasteiger partial charge in [-0.3, -0.25) is 0 Å². The van der Waals surface area contributed by atoms with Crippen LogP contribution in [0.4, 0.5) is 0 Å². The number of aliphatic carboxylic acids is 1. The first-order chi connectivity index (χ1) is 5.06. The van der Waals surface area contributed by atoms with E-state index in [4.69, 9.17) is 16.6 Å². The number of rotatable bonds is 5. The molecule has 4 heteroatoms. The van der Waals surface area contributed by atoms with Crippen molar-refractivity contribution in [3.05, 3.63) is 12.7 Å². The fourth-order valence-corrected chi connectivity index (χ4v) is 0.691. The molecule has 0 radical (unpaired) electrons. The van der Waals surface area contributed by atoms with Crippen LogP contribution in [0.15, 0.2) is 12.7 Å². The van der Waals surface area contributed by atoms with Gasteiger partial charge in [-0.1, -0.05) is 6.08 Å². The molecule has 5 N–H and O–H groups in total. The predicted octanol–water partition coefficient (Wildman–Crippen LogP) is -0.307. The minimum Gasteiger partial charge on any atom is -0.480 e. The summed E-state index contributed by atoms with van der Waals surface area (Å²) in [6, 6.07) is 0. The van der Waals surface area contributed by atoms with E-state index in [1.165, 1.54) is 6.08 Å². The Kier molecular flexibility index (Phi) is 3.78. The molecular weight excluding hydrogens is 144 g/mol. The Morgan fingerprint density at radius 3 is 2.55 bits per heavy atom. The van der Waals surface area contributed by atoms with E-state index in [2.05, 4.69) is 6.58 Å². The highest BCUT2D eigenvalue weighted by molar-refractivity contribution is 5.80. The molecule has 0 heterocycles. The summed E-state index contributed by atoms with van der Waals surface area (Å²) in [7, 11) is 0. The van der Waals surface area contributed by atoms with Crippen molar-refractivity contribution in [1.82, 2.24) is 0 Å². The van der Waals surface area contributed by atoms with Crippen molar-refractivity contribution in [2.45, 2.75) is 18.4 Å². The smallest absolute Gasteiger partial charge is 0.327 e. The Balaban J connectivity index is 4.10. The van der Waals surface area contributed by atoms with E-state index in [0.717, 1.165) is 0 Å². The van der Waals surface area contributed by atoms with Gasteiger partial charge in [-0.25, -0.2) is 4.79 Å². The third-order valence-corrected chi connectivity index (χ3v) is 1.56. The van der Waals surface area contributed by atoms with E-state index >= 15 is 0 Å². The molecule has 1 atom stereocenters. The minimum atomic E-state index is -1.31. The van der Waals surface area contributed by atoms with Gasteiger partial charge in [0.2, 0.25) is 0 Å². The second kappa shape index (κ2) is 4.10. The Morgan fingerprint density at radius 1 is 1.73 bits per heavy atom. The monoisotopic (exact) mass is 158 g/mol. The van der Waals surface area contributed by atoms with Crippen LogP contribution in [0.1, 0.15) is 12.8 Å². The second-order valence-electron chi connectivity index (χ2n) is 2.44. The topological polar surface area (TPSA) is 89.3 Å². The molecule has 0 aliphatic carbocycles. The molecule has 0 spiro atoms. The lowest BCUT2D eigenvalue weighted by atomic mass is 9.95. The van der Waals surface area contributed by atoms with Crippen LogP contribution in [0.25, 0.3) is 0 Å². The normalized spacial score (nSPS) is 15.5. The summed E-state index contributed by atoms with van der Waals surface area (Å²) in [6.07, 6.45) is 2.17. The molecular formula is C7H14N2O2. The number of carboxylic acids is 1. The highest BCUT2D eigenvalue weighted by Gasteiger charge is 2.28. The molecule has 0 unspecified atom stereocenters. The van der Waals surface area contributed by atoms with Crippen LogP contribution in [0.3, 0.4) is 0 Å². The lowest BCUT2D eigenvalue weighted by Gasteiger charge is -2.19. The fourth-order valence-electron chi connectivity index (χ4n) is 0.691. The molecule has 0 bridgehead atoms. The summed E-state index contributed by atoms with van der Waals surface area (Å²) in [6.45, 7) is 3.80. The van der Waals surface area contributed by atoms with E-state index in [1.807, 2.05) is 0 Å². The lowest BCUT2D eigenvalue weighted by molar-refractivity contribution is -0.141. The first-order valence-electron chi connectivity index (χ1n) is 3.43. The van der Waals surface area contributed by atoms with Crippen LogP contribution in [0, 0.1) is 0 Å². The zero-order chi connectivity index (χ0) is 8.91. The van der Waals surface area contributed by atoms with Gasteiger partial charge in [-0.15, -0.1) is 6.58 Å². The van der Waals surface area contributed by atoms with Crippen LogP contribution in [0.2, 0.25) is 0 Å². The Labute approximate surface area is 65.9 Å². The highest BCUT2D eigenvalue weighted by Crippen LogP contribution is 2.10. The molecule has 0 saturated carbocycles. The summed E-state index contributed by atoms with van der Waals surface area (Å²) in [5.74, 6) is -1.05. The van der Waals surface area contributed by atoms with E-state index < -0.39 is 11.5 Å². The van der Waals surface area contributed by atoms with Gasteiger partial charge in [0, 0.05) is 0 Å². The Hall–Kier alpha value is -0.870. The molecule has 0 aromatic rings. The van der Waals surface area contributed by atoms with Crippen LogP contribution in [0.5, 0.6) is 0 Å². The van der Waals surface area contributed by atoms with Gasteiger partial charge < -0.3 is 16.6 Å². The molecule has 0 rings (SSSR count). The van der Waals surface area contributed by atoms with Gasteiger partial charge in [0.15, 0.2) is 0 Å². The fraction of sp³-hybridized carbons (Fsp3) is 0.571. The summed E-state index contributed by atoms with van der Waals surface area (Å²) >= 11 is 0. The molecule has 0 aliphatic heterocycles. The summed E-state index contributed by atoms with van der Waals surface area (Å²) in [5, 5.41) is 8.62. The number of hydrogen-bond donors (Lipinski definition) is 3. The van der Waals surface area contributed by atoms with Gasteiger partial charge in [-0.05, 0) is 19.4 Å². The molecule has 0 fully saturated rings. The molecule has 0 amide bonds. The molecule has 0 aromatic heterocycles. The quantitative estimate of drug-likeness (QED) is 0.479. The van der Waals surface area contributed by atoms with Crippen molar-refractivity contribution in [2.24, 2.45) is 11.5 Å². The molecule has 0 aromatic carbocycles. The average molecular weight is 158 g/mol. The highest BCUT2D eigenvalue weighted by atomic mass is 16.4. The van der Waals surface area contributed by atoms with Gasteiger partial charge in [-0.2, -0.15) is 0 Å². The Bertz CT molecular complexity index is 159. The standard InChI is InChI=1S/C7H14N2O2/c1-2-7(9,6(10)11)4-3-5-8/h2H,1,3-5,8-9H2,(H,10,11)/t7-/m1/s1. The van der Waals surface area contributed by atoms with Crippen molar-refractivity contribution in [1.29, 1.82) is 0 Å². The van der Waals surface area contributed by atoms with Crippen molar-refractivity contribution >= 4 is 5.97 Å². The predicted molar refractivity (Wildman–Crippen MR) is 43.0 cm³/mol. The van der Waals surface area contributed by atoms with Crippen molar-refractivity contribution in [2.75, 3.05) is 6.54 Å².